The average Bonchev–Trinajstić information content (AvgIpc) is 2.72. The minimum atomic E-state index is 1.10. The van der Waals surface area contributed by atoms with Gasteiger partial charge in [-0.1, -0.05) is 35.6 Å². The standard InChI is InChI=1S/C14H14/c1-2-7-13(8-3-1)11-6-12-14-9-4-5-10-14/h1-3,7-8,12H,4-5,9-10H2. The largest absolute Gasteiger partial charge is 0.0697 e. The molecular formula is C14H14. The van der Waals surface area contributed by atoms with Gasteiger partial charge in [0.25, 0.3) is 0 Å². The molecule has 0 unspecified atom stereocenters. The molecule has 0 nitrogen and oxygen atoms in total. The van der Waals surface area contributed by atoms with Crippen LogP contribution in [0, 0.1) is 11.8 Å². The van der Waals surface area contributed by atoms with Crippen LogP contribution in [0.25, 0.3) is 0 Å². The lowest BCUT2D eigenvalue weighted by molar-refractivity contribution is 0.886. The Hall–Kier alpha value is -1.48. The SMILES string of the molecule is C(#Cc1ccccc1)C=C1CCCC1. The summed E-state index contributed by atoms with van der Waals surface area (Å²) in [5.41, 5.74) is 2.62. The fourth-order valence-electron chi connectivity index (χ4n) is 1.72. The van der Waals surface area contributed by atoms with Crippen molar-refractivity contribution in [1.82, 2.24) is 0 Å². The topological polar surface area (TPSA) is 0 Å². The molecule has 0 heterocycles. The van der Waals surface area contributed by atoms with Crippen LogP contribution in [-0.4, -0.2) is 0 Å². The fourth-order valence-corrected chi connectivity index (χ4v) is 1.72. The third-order valence-corrected chi connectivity index (χ3v) is 2.51. The van der Waals surface area contributed by atoms with Crippen molar-refractivity contribution in [3.8, 4) is 11.8 Å². The van der Waals surface area contributed by atoms with E-state index in [0.717, 1.165) is 5.56 Å². The minimum absolute atomic E-state index is 1.10. The van der Waals surface area contributed by atoms with E-state index in [4.69, 9.17) is 0 Å². The highest BCUT2D eigenvalue weighted by Crippen LogP contribution is 2.22. The van der Waals surface area contributed by atoms with Crippen molar-refractivity contribution in [2.24, 2.45) is 0 Å². The van der Waals surface area contributed by atoms with E-state index in [1.54, 1.807) is 0 Å². The van der Waals surface area contributed by atoms with Crippen LogP contribution < -0.4 is 0 Å². The zero-order valence-electron chi connectivity index (χ0n) is 8.29. The first kappa shape index (κ1) is 9.09. The van der Waals surface area contributed by atoms with Gasteiger partial charge in [-0.05, 0) is 43.9 Å². The van der Waals surface area contributed by atoms with Crippen molar-refractivity contribution >= 4 is 0 Å². The maximum Gasteiger partial charge on any atom is 0.0248 e. The van der Waals surface area contributed by atoms with E-state index in [2.05, 4.69) is 17.9 Å². The molecule has 1 aromatic rings. The molecule has 1 aliphatic rings. The van der Waals surface area contributed by atoms with Crippen LogP contribution in [0.1, 0.15) is 31.2 Å². The van der Waals surface area contributed by atoms with Gasteiger partial charge < -0.3 is 0 Å². The highest BCUT2D eigenvalue weighted by Gasteiger charge is 2.04. The zero-order chi connectivity index (χ0) is 9.64. The minimum Gasteiger partial charge on any atom is -0.0697 e. The van der Waals surface area contributed by atoms with Gasteiger partial charge in [-0.2, -0.15) is 0 Å². The second kappa shape index (κ2) is 4.67. The predicted molar refractivity (Wildman–Crippen MR) is 59.9 cm³/mol. The van der Waals surface area contributed by atoms with Gasteiger partial charge >= 0.3 is 0 Å². The lowest BCUT2D eigenvalue weighted by Gasteiger charge is -1.88. The first-order valence-electron chi connectivity index (χ1n) is 5.20. The summed E-state index contributed by atoms with van der Waals surface area (Å²) in [6.45, 7) is 0. The number of benzene rings is 1. The van der Waals surface area contributed by atoms with Gasteiger partial charge in [-0.3, -0.25) is 0 Å². The maximum atomic E-state index is 3.15. The predicted octanol–water partition coefficient (Wildman–Crippen LogP) is 3.54. The Bertz CT molecular complexity index is 365. The van der Waals surface area contributed by atoms with Crippen LogP contribution in [0.3, 0.4) is 0 Å². The summed E-state index contributed by atoms with van der Waals surface area (Å²) in [4.78, 5) is 0. The van der Waals surface area contributed by atoms with E-state index >= 15 is 0 Å². The van der Waals surface area contributed by atoms with E-state index in [9.17, 15) is 0 Å². The van der Waals surface area contributed by atoms with E-state index in [-0.39, 0.29) is 0 Å². The third-order valence-electron chi connectivity index (χ3n) is 2.51. The molecule has 70 valence electrons. The first-order chi connectivity index (χ1) is 6.95. The molecule has 0 bridgehead atoms. The Morgan fingerprint density at radius 1 is 1.00 bits per heavy atom. The molecule has 0 heteroatoms. The molecule has 1 aromatic carbocycles. The Labute approximate surface area is 85.7 Å². The van der Waals surface area contributed by atoms with Crippen LogP contribution in [0.2, 0.25) is 0 Å². The molecule has 0 atom stereocenters. The van der Waals surface area contributed by atoms with Crippen molar-refractivity contribution in [2.75, 3.05) is 0 Å². The van der Waals surface area contributed by atoms with Gasteiger partial charge in [-0.25, -0.2) is 0 Å². The van der Waals surface area contributed by atoms with Crippen molar-refractivity contribution in [3.05, 3.63) is 47.5 Å². The summed E-state index contributed by atoms with van der Waals surface area (Å²) in [6.07, 6.45) is 7.30. The lowest BCUT2D eigenvalue weighted by Crippen LogP contribution is -1.71. The molecule has 0 saturated heterocycles. The number of allylic oxidation sites excluding steroid dienone is 2. The molecule has 0 spiro atoms. The van der Waals surface area contributed by atoms with E-state index in [1.807, 2.05) is 30.3 Å². The first-order valence-corrected chi connectivity index (χ1v) is 5.20. The second-order valence-electron chi connectivity index (χ2n) is 3.65. The third kappa shape index (κ3) is 2.50. The summed E-state index contributed by atoms with van der Waals surface area (Å²) >= 11 is 0. The molecule has 0 radical (unpaired) electrons. The second-order valence-corrected chi connectivity index (χ2v) is 3.65. The molecule has 14 heavy (non-hydrogen) atoms. The van der Waals surface area contributed by atoms with Gasteiger partial charge in [0.2, 0.25) is 0 Å². The van der Waals surface area contributed by atoms with Gasteiger partial charge in [0.1, 0.15) is 0 Å². The van der Waals surface area contributed by atoms with Gasteiger partial charge in [0.15, 0.2) is 0 Å². The maximum absolute atomic E-state index is 3.15. The molecule has 1 saturated carbocycles. The molecule has 0 aromatic heterocycles. The normalized spacial score (nSPS) is 14.7. The number of hydrogen-bond acceptors (Lipinski definition) is 0. The quantitative estimate of drug-likeness (QED) is 0.538. The molecule has 1 aliphatic carbocycles. The number of rotatable bonds is 0. The monoisotopic (exact) mass is 182 g/mol. The van der Waals surface area contributed by atoms with Crippen molar-refractivity contribution < 1.29 is 0 Å². The highest BCUT2D eigenvalue weighted by atomic mass is 14.1. The molecule has 0 amide bonds. The molecular weight excluding hydrogens is 168 g/mol. The highest BCUT2D eigenvalue weighted by molar-refractivity contribution is 5.37. The fraction of sp³-hybridized carbons (Fsp3) is 0.286. The smallest absolute Gasteiger partial charge is 0.0248 e. The summed E-state index contributed by atoms with van der Waals surface area (Å²) in [5.74, 6) is 6.28. The Kier molecular flexibility index (Phi) is 3.03. The van der Waals surface area contributed by atoms with Crippen LogP contribution in [0.5, 0.6) is 0 Å². The summed E-state index contributed by atoms with van der Waals surface area (Å²) in [5, 5.41) is 0. The molecule has 0 N–H and O–H groups in total. The average molecular weight is 182 g/mol. The Balaban J connectivity index is 2.04. The summed E-state index contributed by atoms with van der Waals surface area (Å²) < 4.78 is 0. The van der Waals surface area contributed by atoms with Crippen LogP contribution in [0.15, 0.2) is 42.0 Å². The number of hydrogen-bond donors (Lipinski definition) is 0. The van der Waals surface area contributed by atoms with E-state index in [0.29, 0.717) is 0 Å². The van der Waals surface area contributed by atoms with Gasteiger partial charge in [-0.15, -0.1) is 0 Å². The molecule has 0 aliphatic heterocycles. The summed E-state index contributed by atoms with van der Waals surface area (Å²) in [6, 6.07) is 10.1. The lowest BCUT2D eigenvalue weighted by atomic mass is 10.2. The van der Waals surface area contributed by atoms with Gasteiger partial charge in [0, 0.05) is 5.56 Å². The Morgan fingerprint density at radius 3 is 2.43 bits per heavy atom. The van der Waals surface area contributed by atoms with Crippen molar-refractivity contribution in [1.29, 1.82) is 0 Å². The van der Waals surface area contributed by atoms with Crippen molar-refractivity contribution in [3.63, 3.8) is 0 Å². The molecule has 2 rings (SSSR count). The van der Waals surface area contributed by atoms with Crippen molar-refractivity contribution in [2.45, 2.75) is 25.7 Å². The van der Waals surface area contributed by atoms with Crippen LogP contribution in [-0.2, 0) is 0 Å². The van der Waals surface area contributed by atoms with E-state index in [1.165, 1.54) is 31.3 Å². The Morgan fingerprint density at radius 2 is 1.71 bits per heavy atom. The zero-order valence-corrected chi connectivity index (χ0v) is 8.29. The molecule has 1 fully saturated rings. The summed E-state index contributed by atoms with van der Waals surface area (Å²) in [7, 11) is 0. The van der Waals surface area contributed by atoms with Crippen LogP contribution >= 0.6 is 0 Å². The van der Waals surface area contributed by atoms with Crippen LogP contribution in [0.4, 0.5) is 0 Å². The van der Waals surface area contributed by atoms with E-state index < -0.39 is 0 Å². The van der Waals surface area contributed by atoms with Gasteiger partial charge in [0.05, 0.1) is 0 Å².